The first-order chi connectivity index (χ1) is 11.3. The Balaban J connectivity index is 2.11. The Morgan fingerprint density at radius 1 is 1.33 bits per heavy atom. The van der Waals surface area contributed by atoms with Crippen LogP contribution in [0.15, 0.2) is 24.3 Å². The van der Waals surface area contributed by atoms with Gasteiger partial charge in [-0.1, -0.05) is 32.0 Å². The van der Waals surface area contributed by atoms with Crippen LogP contribution in [0.1, 0.15) is 38.7 Å². The molecule has 2 rings (SSSR count). The first-order valence-electron chi connectivity index (χ1n) is 8.66. The van der Waals surface area contributed by atoms with Crippen molar-refractivity contribution < 1.29 is 13.2 Å². The fourth-order valence-corrected chi connectivity index (χ4v) is 4.25. The van der Waals surface area contributed by atoms with Crippen molar-refractivity contribution in [2.75, 3.05) is 30.2 Å². The van der Waals surface area contributed by atoms with E-state index in [1.807, 2.05) is 36.1 Å². The van der Waals surface area contributed by atoms with Crippen LogP contribution in [0.5, 0.6) is 0 Å². The maximum Gasteiger partial charge on any atom is 0.232 e. The molecule has 0 radical (unpaired) electrons. The SMILES string of the molecule is CCc1ccccc1N(CCC(=O)N1CCCC(C)C1)S(C)(=O)=O. The molecule has 1 amide bonds. The highest BCUT2D eigenvalue weighted by Crippen LogP contribution is 2.24. The predicted octanol–water partition coefficient (Wildman–Crippen LogP) is 2.66. The Labute approximate surface area is 145 Å². The highest BCUT2D eigenvalue weighted by molar-refractivity contribution is 7.92. The Morgan fingerprint density at radius 2 is 2.04 bits per heavy atom. The normalized spacial score (nSPS) is 18.5. The van der Waals surface area contributed by atoms with Gasteiger partial charge < -0.3 is 4.90 Å². The lowest BCUT2D eigenvalue weighted by Gasteiger charge is -2.32. The topological polar surface area (TPSA) is 57.7 Å². The summed E-state index contributed by atoms with van der Waals surface area (Å²) in [6.07, 6.45) is 4.36. The molecule has 1 aliphatic rings. The van der Waals surface area contributed by atoms with Crippen LogP contribution in [0.2, 0.25) is 0 Å². The van der Waals surface area contributed by atoms with Crippen LogP contribution in [0.4, 0.5) is 5.69 Å². The van der Waals surface area contributed by atoms with E-state index < -0.39 is 10.0 Å². The lowest BCUT2D eigenvalue weighted by Crippen LogP contribution is -2.41. The van der Waals surface area contributed by atoms with Crippen molar-refractivity contribution in [1.82, 2.24) is 4.90 Å². The molecule has 1 saturated heterocycles. The molecule has 0 N–H and O–H groups in total. The summed E-state index contributed by atoms with van der Waals surface area (Å²) in [5, 5.41) is 0. The van der Waals surface area contributed by atoms with Gasteiger partial charge in [0.15, 0.2) is 0 Å². The average molecular weight is 353 g/mol. The van der Waals surface area contributed by atoms with Crippen LogP contribution in [-0.2, 0) is 21.2 Å². The molecule has 0 bridgehead atoms. The van der Waals surface area contributed by atoms with Gasteiger partial charge >= 0.3 is 0 Å². The third kappa shape index (κ3) is 4.72. The van der Waals surface area contributed by atoms with E-state index >= 15 is 0 Å². The zero-order valence-corrected chi connectivity index (χ0v) is 15.7. The lowest BCUT2D eigenvalue weighted by molar-refractivity contribution is -0.132. The van der Waals surface area contributed by atoms with E-state index in [4.69, 9.17) is 0 Å². The number of carbonyl (C=O) groups excluding carboxylic acids is 1. The number of para-hydroxylation sites is 1. The van der Waals surface area contributed by atoms with Crippen LogP contribution < -0.4 is 4.31 Å². The van der Waals surface area contributed by atoms with E-state index in [1.54, 1.807) is 0 Å². The molecule has 0 aromatic heterocycles. The van der Waals surface area contributed by atoms with Gasteiger partial charge in [-0.3, -0.25) is 9.10 Å². The number of anilines is 1. The Morgan fingerprint density at radius 3 is 2.67 bits per heavy atom. The molecule has 1 aromatic rings. The summed E-state index contributed by atoms with van der Waals surface area (Å²) < 4.78 is 25.9. The molecule has 1 fully saturated rings. The van der Waals surface area contributed by atoms with Crippen molar-refractivity contribution in [2.24, 2.45) is 5.92 Å². The molecule has 1 heterocycles. The first kappa shape index (κ1) is 18.8. The van der Waals surface area contributed by atoms with Gasteiger partial charge in [0.25, 0.3) is 0 Å². The fourth-order valence-electron chi connectivity index (χ4n) is 3.29. The molecule has 1 aromatic carbocycles. The van der Waals surface area contributed by atoms with Gasteiger partial charge in [-0.25, -0.2) is 8.42 Å². The predicted molar refractivity (Wildman–Crippen MR) is 97.6 cm³/mol. The average Bonchev–Trinajstić information content (AvgIpc) is 2.54. The second-order valence-corrected chi connectivity index (χ2v) is 8.56. The number of aryl methyl sites for hydroxylation is 1. The molecule has 134 valence electrons. The van der Waals surface area contributed by atoms with Crippen LogP contribution in [-0.4, -0.2) is 45.1 Å². The molecular formula is C18H28N2O3S. The van der Waals surface area contributed by atoms with E-state index in [-0.39, 0.29) is 18.9 Å². The van der Waals surface area contributed by atoms with Crippen molar-refractivity contribution in [3.8, 4) is 0 Å². The van der Waals surface area contributed by atoms with E-state index in [0.29, 0.717) is 11.6 Å². The Hall–Kier alpha value is -1.56. The van der Waals surface area contributed by atoms with E-state index in [9.17, 15) is 13.2 Å². The zero-order chi connectivity index (χ0) is 17.7. The minimum absolute atomic E-state index is 0.0455. The molecule has 1 atom stereocenters. The van der Waals surface area contributed by atoms with Crippen LogP contribution in [0, 0.1) is 5.92 Å². The second kappa shape index (κ2) is 8.01. The van der Waals surface area contributed by atoms with Gasteiger partial charge in [-0.05, 0) is 36.8 Å². The summed E-state index contributed by atoms with van der Waals surface area (Å²) in [4.78, 5) is 14.3. The number of nitrogens with zero attached hydrogens (tertiary/aromatic N) is 2. The van der Waals surface area contributed by atoms with E-state index in [1.165, 1.54) is 10.6 Å². The number of amides is 1. The minimum atomic E-state index is -3.43. The number of sulfonamides is 1. The summed E-state index contributed by atoms with van der Waals surface area (Å²) in [6, 6.07) is 7.48. The maximum absolute atomic E-state index is 12.5. The fraction of sp³-hybridized carbons (Fsp3) is 0.611. The van der Waals surface area contributed by atoms with Crippen LogP contribution in [0.3, 0.4) is 0 Å². The maximum atomic E-state index is 12.5. The van der Waals surface area contributed by atoms with E-state index in [2.05, 4.69) is 6.92 Å². The van der Waals surface area contributed by atoms with Crippen LogP contribution >= 0.6 is 0 Å². The zero-order valence-electron chi connectivity index (χ0n) is 14.9. The van der Waals surface area contributed by atoms with Crippen molar-refractivity contribution in [1.29, 1.82) is 0 Å². The number of carbonyl (C=O) groups is 1. The van der Waals surface area contributed by atoms with Gasteiger partial charge in [0, 0.05) is 26.1 Å². The monoisotopic (exact) mass is 352 g/mol. The number of piperidine rings is 1. The molecule has 0 saturated carbocycles. The summed E-state index contributed by atoms with van der Waals surface area (Å²) in [7, 11) is -3.43. The van der Waals surface area contributed by atoms with Gasteiger partial charge in [0.1, 0.15) is 0 Å². The molecule has 24 heavy (non-hydrogen) atoms. The molecular weight excluding hydrogens is 324 g/mol. The molecule has 5 nitrogen and oxygen atoms in total. The molecule has 0 aliphatic carbocycles. The molecule has 0 spiro atoms. The molecule has 6 heteroatoms. The highest BCUT2D eigenvalue weighted by Gasteiger charge is 2.24. The smallest absolute Gasteiger partial charge is 0.232 e. The third-order valence-corrected chi connectivity index (χ3v) is 5.76. The number of benzene rings is 1. The Kier molecular flexibility index (Phi) is 6.27. The minimum Gasteiger partial charge on any atom is -0.342 e. The van der Waals surface area contributed by atoms with Gasteiger partial charge in [-0.2, -0.15) is 0 Å². The number of hydrogen-bond donors (Lipinski definition) is 0. The number of likely N-dealkylation sites (tertiary alicyclic amines) is 1. The van der Waals surface area contributed by atoms with Crippen molar-refractivity contribution in [2.45, 2.75) is 39.5 Å². The number of rotatable bonds is 6. The lowest BCUT2D eigenvalue weighted by atomic mass is 10.00. The number of hydrogen-bond acceptors (Lipinski definition) is 3. The second-order valence-electron chi connectivity index (χ2n) is 6.65. The van der Waals surface area contributed by atoms with Crippen LogP contribution in [0.25, 0.3) is 0 Å². The summed E-state index contributed by atoms with van der Waals surface area (Å²) in [5.74, 6) is 0.568. The van der Waals surface area contributed by atoms with E-state index in [0.717, 1.165) is 37.9 Å². The third-order valence-electron chi connectivity index (χ3n) is 4.58. The summed E-state index contributed by atoms with van der Waals surface area (Å²) in [5.41, 5.74) is 1.66. The molecule has 1 unspecified atom stereocenters. The quantitative estimate of drug-likeness (QED) is 0.791. The summed E-state index contributed by atoms with van der Waals surface area (Å²) >= 11 is 0. The Bertz CT molecular complexity index is 673. The van der Waals surface area contributed by atoms with Crippen molar-refractivity contribution in [3.05, 3.63) is 29.8 Å². The standard InChI is InChI=1S/C18H28N2O3S/c1-4-16-9-5-6-10-17(16)20(24(3,22)23)13-11-18(21)19-12-7-8-15(2)14-19/h5-6,9-10,15H,4,7-8,11-14H2,1-3H3. The summed E-state index contributed by atoms with van der Waals surface area (Å²) in [6.45, 7) is 5.91. The van der Waals surface area contributed by atoms with Gasteiger partial charge in [-0.15, -0.1) is 0 Å². The van der Waals surface area contributed by atoms with Crippen molar-refractivity contribution in [3.63, 3.8) is 0 Å². The largest absolute Gasteiger partial charge is 0.342 e. The first-order valence-corrected chi connectivity index (χ1v) is 10.5. The molecule has 1 aliphatic heterocycles. The van der Waals surface area contributed by atoms with Gasteiger partial charge in [0.2, 0.25) is 15.9 Å². The highest BCUT2D eigenvalue weighted by atomic mass is 32.2. The van der Waals surface area contributed by atoms with Crippen molar-refractivity contribution >= 4 is 21.6 Å². The van der Waals surface area contributed by atoms with Gasteiger partial charge in [0.05, 0.1) is 11.9 Å².